The zero-order valence-corrected chi connectivity index (χ0v) is 22.4. The molecule has 2 heterocycles. The molecule has 3 rings (SSSR count). The zero-order valence-electron chi connectivity index (χ0n) is 22.4. The van der Waals surface area contributed by atoms with E-state index in [9.17, 15) is 19.5 Å². The van der Waals surface area contributed by atoms with Crippen molar-refractivity contribution >= 4 is 17.7 Å². The van der Waals surface area contributed by atoms with Gasteiger partial charge >= 0.3 is 11.8 Å². The first-order valence-electron chi connectivity index (χ1n) is 13.5. The molecule has 2 aliphatic heterocycles. The molecule has 0 bridgehead atoms. The number of likely N-dealkylation sites (tertiary alicyclic amines) is 1. The fraction of sp³-hybridized carbons (Fsp3) is 0.750. The largest absolute Gasteiger partial charge is 0.461 e. The number of ether oxygens (including phenoxy) is 2. The van der Waals surface area contributed by atoms with Crippen LogP contribution in [0.15, 0.2) is 23.8 Å². The second-order valence-electron chi connectivity index (χ2n) is 9.84. The van der Waals surface area contributed by atoms with E-state index in [0.29, 0.717) is 25.7 Å². The number of carbonyl (C=O) groups excluding carboxylic acids is 3. The van der Waals surface area contributed by atoms with Crippen molar-refractivity contribution in [1.82, 2.24) is 4.90 Å². The van der Waals surface area contributed by atoms with Gasteiger partial charge in [-0.2, -0.15) is 0 Å². The highest BCUT2D eigenvalue weighted by Crippen LogP contribution is 2.32. The highest BCUT2D eigenvalue weighted by Gasteiger charge is 2.54. The molecule has 7 nitrogen and oxygen atoms in total. The molecular formula is C28H45NO6. The summed E-state index contributed by atoms with van der Waals surface area (Å²) in [6.45, 7) is 11.7. The average molecular weight is 492 g/mol. The minimum absolute atomic E-state index is 0.172. The zero-order chi connectivity index (χ0) is 26.2. The topological polar surface area (TPSA) is 93.1 Å². The average Bonchev–Trinajstić information content (AvgIpc) is 3.33. The molecular weight excluding hydrogens is 446 g/mol. The molecule has 3 aliphatic rings. The fourth-order valence-corrected chi connectivity index (χ4v) is 5.09. The predicted molar refractivity (Wildman–Crippen MR) is 135 cm³/mol. The Morgan fingerprint density at radius 1 is 1.23 bits per heavy atom. The molecule has 1 amide bonds. The summed E-state index contributed by atoms with van der Waals surface area (Å²) in [6.07, 6.45) is 11.8. The third-order valence-electron chi connectivity index (χ3n) is 7.30. The molecule has 0 spiro atoms. The minimum atomic E-state index is -2.55. The van der Waals surface area contributed by atoms with E-state index in [1.54, 1.807) is 13.8 Å². The van der Waals surface area contributed by atoms with Crippen LogP contribution in [-0.4, -0.2) is 58.2 Å². The van der Waals surface area contributed by atoms with Crippen LogP contribution < -0.4 is 0 Å². The van der Waals surface area contributed by atoms with Crippen molar-refractivity contribution < 1.29 is 29.0 Å². The quantitative estimate of drug-likeness (QED) is 0.409. The smallest absolute Gasteiger partial charge is 0.329 e. The summed E-state index contributed by atoms with van der Waals surface area (Å²) in [6, 6.07) is -0.819. The molecule has 35 heavy (non-hydrogen) atoms. The Labute approximate surface area is 210 Å². The maximum absolute atomic E-state index is 13.3. The molecule has 1 N–H and O–H groups in total. The SMILES string of the molecule is CC.CCC(CC1=CCCC=C1)C(C)OC(=O)C1CCCN1C(=O)C1(O)OC(C)CCC(C)C1=O. The van der Waals surface area contributed by atoms with Crippen LogP contribution in [0.4, 0.5) is 0 Å². The minimum Gasteiger partial charge on any atom is -0.461 e. The molecule has 0 radical (unpaired) electrons. The van der Waals surface area contributed by atoms with Crippen molar-refractivity contribution in [3.05, 3.63) is 23.8 Å². The van der Waals surface area contributed by atoms with Gasteiger partial charge < -0.3 is 19.5 Å². The Balaban J connectivity index is 0.00000210. The number of aliphatic hydroxyl groups is 1. The second-order valence-corrected chi connectivity index (χ2v) is 9.84. The van der Waals surface area contributed by atoms with Crippen molar-refractivity contribution in [2.24, 2.45) is 11.8 Å². The molecule has 0 saturated carbocycles. The Morgan fingerprint density at radius 2 is 1.94 bits per heavy atom. The number of allylic oxidation sites excluding steroid dienone is 4. The highest BCUT2D eigenvalue weighted by molar-refractivity contribution is 6.09. The van der Waals surface area contributed by atoms with Crippen molar-refractivity contribution in [1.29, 1.82) is 0 Å². The normalized spacial score (nSPS) is 30.5. The van der Waals surface area contributed by atoms with Gasteiger partial charge in [0.25, 0.3) is 5.91 Å². The monoisotopic (exact) mass is 491 g/mol. The van der Waals surface area contributed by atoms with Gasteiger partial charge in [-0.1, -0.05) is 51.5 Å². The van der Waals surface area contributed by atoms with Crippen LogP contribution in [0.25, 0.3) is 0 Å². The van der Waals surface area contributed by atoms with E-state index >= 15 is 0 Å². The molecule has 0 aromatic rings. The molecule has 7 heteroatoms. The first-order chi connectivity index (χ1) is 16.7. The van der Waals surface area contributed by atoms with Crippen LogP contribution in [0.3, 0.4) is 0 Å². The van der Waals surface area contributed by atoms with E-state index in [1.165, 1.54) is 10.5 Å². The lowest BCUT2D eigenvalue weighted by atomic mass is 9.90. The number of hydrogen-bond donors (Lipinski definition) is 1. The Kier molecular flexibility index (Phi) is 11.2. The van der Waals surface area contributed by atoms with E-state index in [0.717, 1.165) is 25.7 Å². The van der Waals surface area contributed by atoms with Gasteiger partial charge in [-0.3, -0.25) is 9.59 Å². The van der Waals surface area contributed by atoms with Crippen molar-refractivity contribution in [3.8, 4) is 0 Å². The van der Waals surface area contributed by atoms with Gasteiger partial charge in [0.1, 0.15) is 12.1 Å². The fourth-order valence-electron chi connectivity index (χ4n) is 5.09. The predicted octanol–water partition coefficient (Wildman–Crippen LogP) is 4.72. The van der Waals surface area contributed by atoms with Gasteiger partial charge in [-0.15, -0.1) is 0 Å². The van der Waals surface area contributed by atoms with Gasteiger partial charge in [-0.25, -0.2) is 4.79 Å². The van der Waals surface area contributed by atoms with E-state index in [4.69, 9.17) is 9.47 Å². The van der Waals surface area contributed by atoms with Gasteiger partial charge in [0.15, 0.2) is 0 Å². The highest BCUT2D eigenvalue weighted by atomic mass is 16.6. The number of amides is 1. The number of rotatable bonds is 7. The van der Waals surface area contributed by atoms with Crippen LogP contribution in [-0.2, 0) is 23.9 Å². The molecule has 1 aliphatic carbocycles. The Bertz CT molecular complexity index is 805. The van der Waals surface area contributed by atoms with E-state index in [-0.39, 0.29) is 18.6 Å². The molecule has 0 aromatic heterocycles. The summed E-state index contributed by atoms with van der Waals surface area (Å²) in [5.41, 5.74) is 1.27. The summed E-state index contributed by atoms with van der Waals surface area (Å²) in [7, 11) is 0. The molecule has 6 atom stereocenters. The van der Waals surface area contributed by atoms with E-state index < -0.39 is 41.5 Å². The van der Waals surface area contributed by atoms with Crippen LogP contribution in [0.1, 0.15) is 92.9 Å². The lowest BCUT2D eigenvalue weighted by molar-refractivity contribution is -0.225. The van der Waals surface area contributed by atoms with Crippen LogP contribution in [0, 0.1) is 11.8 Å². The summed E-state index contributed by atoms with van der Waals surface area (Å²) in [4.78, 5) is 40.5. The lowest BCUT2D eigenvalue weighted by Crippen LogP contribution is -2.59. The molecule has 6 unspecified atom stereocenters. The number of hydrogen-bond acceptors (Lipinski definition) is 6. The number of carbonyl (C=O) groups is 3. The summed E-state index contributed by atoms with van der Waals surface area (Å²) < 4.78 is 11.4. The second kappa shape index (κ2) is 13.4. The number of esters is 1. The maximum Gasteiger partial charge on any atom is 0.329 e. The van der Waals surface area contributed by atoms with Gasteiger partial charge in [0.2, 0.25) is 5.78 Å². The summed E-state index contributed by atoms with van der Waals surface area (Å²) in [5.74, 6) is -4.83. The van der Waals surface area contributed by atoms with Crippen molar-refractivity contribution in [3.63, 3.8) is 0 Å². The third-order valence-corrected chi connectivity index (χ3v) is 7.30. The molecule has 198 valence electrons. The third kappa shape index (κ3) is 7.04. The summed E-state index contributed by atoms with van der Waals surface area (Å²) in [5, 5.41) is 11.1. The molecule has 2 fully saturated rings. The van der Waals surface area contributed by atoms with Crippen LogP contribution in [0.2, 0.25) is 0 Å². The maximum atomic E-state index is 13.3. The van der Waals surface area contributed by atoms with E-state index in [1.807, 2.05) is 20.8 Å². The lowest BCUT2D eigenvalue weighted by Gasteiger charge is -2.34. The van der Waals surface area contributed by atoms with Crippen molar-refractivity contribution in [2.75, 3.05) is 6.54 Å². The molecule has 0 aromatic carbocycles. The van der Waals surface area contributed by atoms with Crippen molar-refractivity contribution in [2.45, 2.75) is 117 Å². The Morgan fingerprint density at radius 3 is 2.57 bits per heavy atom. The van der Waals surface area contributed by atoms with Gasteiger partial charge in [0.05, 0.1) is 6.10 Å². The Hall–Kier alpha value is -1.99. The number of nitrogens with zero attached hydrogens (tertiary/aromatic N) is 1. The van der Waals surface area contributed by atoms with Gasteiger partial charge in [0, 0.05) is 12.5 Å². The van der Waals surface area contributed by atoms with Gasteiger partial charge in [-0.05, 0) is 71.1 Å². The summed E-state index contributed by atoms with van der Waals surface area (Å²) >= 11 is 0. The van der Waals surface area contributed by atoms with Crippen LogP contribution in [0.5, 0.6) is 0 Å². The van der Waals surface area contributed by atoms with E-state index in [2.05, 4.69) is 25.2 Å². The van der Waals surface area contributed by atoms with Crippen LogP contribution >= 0.6 is 0 Å². The first-order valence-corrected chi connectivity index (χ1v) is 13.5. The number of ketones is 1. The molecule has 2 saturated heterocycles. The first kappa shape index (κ1) is 29.2. The number of Topliss-reactive ketones (excluding diaryl/α,β-unsaturated/α-hetero) is 1. The standard InChI is InChI=1S/C26H39NO6.C2H6/c1-5-21(16-20-10-7-6-8-11-20)19(4)32-24(29)22-12-9-15-27(22)25(30)26(31)23(28)17(2)13-14-18(3)33-26;1-2/h7,10-11,17-19,21-22,31H,5-6,8-9,12-16H2,1-4H3;1-2H3.